The van der Waals surface area contributed by atoms with Gasteiger partial charge in [0.25, 0.3) is 0 Å². The van der Waals surface area contributed by atoms with Crippen LogP contribution in [-0.4, -0.2) is 25.3 Å². The number of hydrogen-bond donors (Lipinski definition) is 0. The molecule has 0 aromatic rings. The van der Waals surface area contributed by atoms with E-state index in [4.69, 9.17) is 9.47 Å². The number of carbonyl (C=O) groups is 1. The number of hydrogen-bond acceptors (Lipinski definition) is 3. The van der Waals surface area contributed by atoms with Crippen LogP contribution in [-0.2, 0) is 14.3 Å². The average Bonchev–Trinajstić information content (AvgIpc) is 2.41. The average molecular weight is 272 g/mol. The third-order valence-electron chi connectivity index (χ3n) is 3.18. The molecule has 0 bridgehead atoms. The smallest absolute Gasteiger partial charge is 0.217 e. The minimum Gasteiger partial charge on any atom is -0.346 e. The van der Waals surface area contributed by atoms with Gasteiger partial charge in [-0.25, -0.2) is 0 Å². The zero-order valence-corrected chi connectivity index (χ0v) is 13.1. The van der Waals surface area contributed by atoms with E-state index < -0.39 is 6.29 Å². The normalized spacial score (nSPS) is 11.2. The molecule has 0 saturated carbocycles. The van der Waals surface area contributed by atoms with Gasteiger partial charge < -0.3 is 9.47 Å². The lowest BCUT2D eigenvalue weighted by Gasteiger charge is -2.15. The molecule has 0 amide bonds. The van der Waals surface area contributed by atoms with Gasteiger partial charge in [-0.15, -0.1) is 0 Å². The topological polar surface area (TPSA) is 35.5 Å². The number of ether oxygens (including phenoxy) is 2. The summed E-state index contributed by atoms with van der Waals surface area (Å²) in [6, 6.07) is 0. The lowest BCUT2D eigenvalue weighted by molar-refractivity contribution is -0.168. The Kier molecular flexibility index (Phi) is 13.7. The van der Waals surface area contributed by atoms with Crippen molar-refractivity contribution in [1.29, 1.82) is 0 Å². The van der Waals surface area contributed by atoms with Gasteiger partial charge in [0.15, 0.2) is 5.78 Å². The molecular weight excluding hydrogens is 240 g/mol. The molecule has 0 rings (SSSR count). The van der Waals surface area contributed by atoms with E-state index in [1.54, 1.807) is 0 Å². The van der Waals surface area contributed by atoms with E-state index in [1.165, 1.54) is 38.5 Å². The second-order valence-corrected chi connectivity index (χ2v) is 4.93. The lowest BCUT2D eigenvalue weighted by atomic mass is 10.1. The van der Waals surface area contributed by atoms with Crippen molar-refractivity contribution < 1.29 is 14.3 Å². The molecule has 19 heavy (non-hydrogen) atoms. The molecule has 3 heteroatoms. The monoisotopic (exact) mass is 272 g/mol. The number of Topliss-reactive ketones (excluding diaryl/α,β-unsaturated/α-hetero) is 1. The molecular formula is C16H32O3. The third-order valence-corrected chi connectivity index (χ3v) is 3.18. The first kappa shape index (κ1) is 18.6. The summed E-state index contributed by atoms with van der Waals surface area (Å²) in [6.45, 7) is 7.05. The number of rotatable bonds is 14. The Morgan fingerprint density at radius 3 is 1.74 bits per heavy atom. The summed E-state index contributed by atoms with van der Waals surface area (Å²) in [5, 5.41) is 0. The summed E-state index contributed by atoms with van der Waals surface area (Å²) in [4.78, 5) is 11.8. The van der Waals surface area contributed by atoms with Crippen LogP contribution in [0.1, 0.15) is 78.6 Å². The van der Waals surface area contributed by atoms with Gasteiger partial charge >= 0.3 is 0 Å². The van der Waals surface area contributed by atoms with Crippen molar-refractivity contribution in [2.75, 3.05) is 13.2 Å². The largest absolute Gasteiger partial charge is 0.346 e. The minimum atomic E-state index is -0.639. The number of carbonyl (C=O) groups excluding carboxylic acids is 1. The van der Waals surface area contributed by atoms with E-state index in [1.807, 2.05) is 13.8 Å². The fourth-order valence-electron chi connectivity index (χ4n) is 2.09. The Bertz CT molecular complexity index is 198. The summed E-state index contributed by atoms with van der Waals surface area (Å²) < 4.78 is 10.6. The molecule has 114 valence electrons. The highest BCUT2D eigenvalue weighted by Crippen LogP contribution is 2.11. The number of unbranched alkanes of at least 4 members (excludes halogenated alkanes) is 7. The Hall–Kier alpha value is -0.410. The van der Waals surface area contributed by atoms with Crippen molar-refractivity contribution in [2.45, 2.75) is 84.8 Å². The fraction of sp³-hybridized carbons (Fsp3) is 0.938. The second kappa shape index (κ2) is 14.0. The Morgan fingerprint density at radius 1 is 0.789 bits per heavy atom. The van der Waals surface area contributed by atoms with Gasteiger partial charge in [0.05, 0.1) is 0 Å². The SMILES string of the molecule is CCCCCCCCCCC(=O)C(OCC)OCC. The summed E-state index contributed by atoms with van der Waals surface area (Å²) in [5.41, 5.74) is 0. The highest BCUT2D eigenvalue weighted by atomic mass is 16.7. The zero-order chi connectivity index (χ0) is 14.3. The maximum Gasteiger partial charge on any atom is 0.217 e. The number of ketones is 1. The second-order valence-electron chi connectivity index (χ2n) is 4.93. The molecule has 0 unspecified atom stereocenters. The molecule has 0 spiro atoms. The minimum absolute atomic E-state index is 0.0923. The Balaban J connectivity index is 3.50. The van der Waals surface area contributed by atoms with Gasteiger partial charge in [0.1, 0.15) is 0 Å². The predicted molar refractivity (Wildman–Crippen MR) is 79.3 cm³/mol. The van der Waals surface area contributed by atoms with Crippen molar-refractivity contribution in [3.63, 3.8) is 0 Å². The van der Waals surface area contributed by atoms with Crippen molar-refractivity contribution in [2.24, 2.45) is 0 Å². The predicted octanol–water partition coefficient (Wildman–Crippen LogP) is 4.49. The Morgan fingerprint density at radius 2 is 1.26 bits per heavy atom. The summed E-state index contributed by atoms with van der Waals surface area (Å²) >= 11 is 0. The lowest BCUT2D eigenvalue weighted by Crippen LogP contribution is -2.27. The molecule has 0 fully saturated rings. The van der Waals surface area contributed by atoms with Gasteiger partial charge in [-0.3, -0.25) is 4.79 Å². The van der Waals surface area contributed by atoms with E-state index in [0.717, 1.165) is 12.8 Å². The molecule has 0 aliphatic carbocycles. The van der Waals surface area contributed by atoms with Crippen LogP contribution in [0.25, 0.3) is 0 Å². The van der Waals surface area contributed by atoms with Crippen LogP contribution in [0.15, 0.2) is 0 Å². The molecule has 0 aromatic carbocycles. The summed E-state index contributed by atoms with van der Waals surface area (Å²) in [7, 11) is 0. The molecule has 0 heterocycles. The highest BCUT2D eigenvalue weighted by molar-refractivity contribution is 5.81. The van der Waals surface area contributed by atoms with Crippen molar-refractivity contribution in [3.8, 4) is 0 Å². The van der Waals surface area contributed by atoms with E-state index >= 15 is 0 Å². The standard InChI is InChI=1S/C16H32O3/c1-4-7-8-9-10-11-12-13-14-15(17)16(18-5-2)19-6-3/h16H,4-14H2,1-3H3. The van der Waals surface area contributed by atoms with Crippen LogP contribution in [0.4, 0.5) is 0 Å². The van der Waals surface area contributed by atoms with E-state index in [2.05, 4.69) is 6.92 Å². The van der Waals surface area contributed by atoms with E-state index in [0.29, 0.717) is 19.6 Å². The zero-order valence-electron chi connectivity index (χ0n) is 13.1. The first-order valence-electron chi connectivity index (χ1n) is 8.02. The van der Waals surface area contributed by atoms with Crippen molar-refractivity contribution in [1.82, 2.24) is 0 Å². The first-order chi connectivity index (χ1) is 9.26. The fourth-order valence-corrected chi connectivity index (χ4v) is 2.09. The van der Waals surface area contributed by atoms with Gasteiger partial charge in [0.2, 0.25) is 6.29 Å². The highest BCUT2D eigenvalue weighted by Gasteiger charge is 2.17. The van der Waals surface area contributed by atoms with Gasteiger partial charge in [-0.2, -0.15) is 0 Å². The van der Waals surface area contributed by atoms with Crippen LogP contribution < -0.4 is 0 Å². The summed E-state index contributed by atoms with van der Waals surface area (Å²) in [6.07, 6.45) is 9.92. The van der Waals surface area contributed by atoms with E-state index in [-0.39, 0.29) is 5.78 Å². The molecule has 0 aliphatic heterocycles. The Labute approximate surface area is 119 Å². The van der Waals surface area contributed by atoms with Gasteiger partial charge in [-0.1, -0.05) is 51.9 Å². The van der Waals surface area contributed by atoms with Crippen LogP contribution >= 0.6 is 0 Å². The van der Waals surface area contributed by atoms with Crippen LogP contribution in [0.3, 0.4) is 0 Å². The molecule has 3 nitrogen and oxygen atoms in total. The van der Waals surface area contributed by atoms with Crippen molar-refractivity contribution in [3.05, 3.63) is 0 Å². The van der Waals surface area contributed by atoms with Crippen LogP contribution in [0.2, 0.25) is 0 Å². The quantitative estimate of drug-likeness (QED) is 0.345. The van der Waals surface area contributed by atoms with Crippen molar-refractivity contribution >= 4 is 5.78 Å². The maximum absolute atomic E-state index is 11.8. The van der Waals surface area contributed by atoms with Crippen LogP contribution in [0, 0.1) is 0 Å². The molecule has 0 N–H and O–H groups in total. The van der Waals surface area contributed by atoms with E-state index in [9.17, 15) is 4.79 Å². The third kappa shape index (κ3) is 11.1. The van der Waals surface area contributed by atoms with Crippen LogP contribution in [0.5, 0.6) is 0 Å². The molecule has 0 aliphatic rings. The molecule has 0 atom stereocenters. The molecule has 0 radical (unpaired) electrons. The maximum atomic E-state index is 11.8. The molecule has 0 aromatic heterocycles. The van der Waals surface area contributed by atoms with Gasteiger partial charge in [-0.05, 0) is 20.3 Å². The molecule has 0 saturated heterocycles. The van der Waals surface area contributed by atoms with Gasteiger partial charge in [0, 0.05) is 19.6 Å². The summed E-state index contributed by atoms with van der Waals surface area (Å²) in [5.74, 6) is 0.0923. The first-order valence-corrected chi connectivity index (χ1v) is 8.02.